The average Bonchev–Trinajstić information content (AvgIpc) is 3.22. The quantitative estimate of drug-likeness (QED) is 0.789. The molecule has 0 spiro atoms. The summed E-state index contributed by atoms with van der Waals surface area (Å²) < 4.78 is 3.74. The molecule has 2 atom stereocenters. The molecule has 0 aliphatic carbocycles. The maximum atomic E-state index is 12.3. The van der Waals surface area contributed by atoms with E-state index >= 15 is 0 Å². The lowest BCUT2D eigenvalue weighted by molar-refractivity contribution is 0.102. The molecule has 25 heavy (non-hydrogen) atoms. The van der Waals surface area contributed by atoms with Crippen LogP contribution < -0.4 is 5.32 Å². The largest absolute Gasteiger partial charge is 0.289 e. The van der Waals surface area contributed by atoms with Crippen LogP contribution in [0.5, 0.6) is 0 Å². The second kappa shape index (κ2) is 6.12. The van der Waals surface area contributed by atoms with Crippen LogP contribution in [-0.2, 0) is 13.5 Å². The first-order chi connectivity index (χ1) is 12.1. The van der Waals surface area contributed by atoms with Crippen molar-refractivity contribution in [3.05, 3.63) is 53.9 Å². The molecule has 0 aromatic carbocycles. The summed E-state index contributed by atoms with van der Waals surface area (Å²) in [5, 5.41) is 11.5. The predicted molar refractivity (Wildman–Crippen MR) is 91.2 cm³/mol. The molecule has 1 N–H and O–H groups in total. The number of hydrogen-bond acceptors (Lipinski definition) is 5. The summed E-state index contributed by atoms with van der Waals surface area (Å²) in [6.45, 7) is 2.13. The Morgan fingerprint density at radius 3 is 2.84 bits per heavy atom. The zero-order valence-electron chi connectivity index (χ0n) is 14.1. The molecule has 128 valence electrons. The maximum Gasteiger partial charge on any atom is 0.258 e. The highest BCUT2D eigenvalue weighted by molar-refractivity contribution is 6.03. The zero-order chi connectivity index (χ0) is 17.4. The van der Waals surface area contributed by atoms with Gasteiger partial charge in [-0.3, -0.25) is 19.8 Å². The SMILES string of the molecule is CC1C(c2cnn(C)c2)CCc2nc(NC(=O)c3ccncc3)nn21. The lowest BCUT2D eigenvalue weighted by atomic mass is 9.87. The lowest BCUT2D eigenvalue weighted by Gasteiger charge is -2.28. The minimum atomic E-state index is -0.234. The van der Waals surface area contributed by atoms with Crippen molar-refractivity contribution in [1.29, 1.82) is 0 Å². The van der Waals surface area contributed by atoms with Gasteiger partial charge in [0.25, 0.3) is 5.91 Å². The fourth-order valence-corrected chi connectivity index (χ4v) is 3.36. The molecule has 0 fully saturated rings. The fraction of sp³-hybridized carbons (Fsp3) is 0.353. The zero-order valence-corrected chi connectivity index (χ0v) is 14.1. The second-order valence-corrected chi connectivity index (χ2v) is 6.32. The second-order valence-electron chi connectivity index (χ2n) is 6.32. The van der Waals surface area contributed by atoms with Crippen LogP contribution in [0.2, 0.25) is 0 Å². The third kappa shape index (κ3) is 2.90. The normalized spacial score (nSPS) is 19.4. The molecular weight excluding hydrogens is 318 g/mol. The Balaban J connectivity index is 1.55. The highest BCUT2D eigenvalue weighted by Gasteiger charge is 2.30. The van der Waals surface area contributed by atoms with E-state index in [1.54, 1.807) is 24.5 Å². The van der Waals surface area contributed by atoms with Gasteiger partial charge in [0.2, 0.25) is 5.95 Å². The number of carbonyl (C=O) groups is 1. The van der Waals surface area contributed by atoms with Gasteiger partial charge < -0.3 is 0 Å². The van der Waals surface area contributed by atoms with E-state index in [4.69, 9.17) is 0 Å². The summed E-state index contributed by atoms with van der Waals surface area (Å²) in [4.78, 5) is 20.7. The first kappa shape index (κ1) is 15.5. The van der Waals surface area contributed by atoms with Crippen LogP contribution in [0.3, 0.4) is 0 Å². The summed E-state index contributed by atoms with van der Waals surface area (Å²) >= 11 is 0. The summed E-state index contributed by atoms with van der Waals surface area (Å²) in [5.41, 5.74) is 1.74. The van der Waals surface area contributed by atoms with E-state index in [0.717, 1.165) is 18.7 Å². The van der Waals surface area contributed by atoms with Crippen LogP contribution in [0, 0.1) is 0 Å². The van der Waals surface area contributed by atoms with Gasteiger partial charge in [0, 0.05) is 43.5 Å². The Morgan fingerprint density at radius 2 is 2.12 bits per heavy atom. The van der Waals surface area contributed by atoms with E-state index in [2.05, 4.69) is 38.6 Å². The van der Waals surface area contributed by atoms with Crippen molar-refractivity contribution in [2.45, 2.75) is 31.7 Å². The Bertz CT molecular complexity index is 899. The van der Waals surface area contributed by atoms with Crippen LogP contribution in [-0.4, -0.2) is 35.4 Å². The van der Waals surface area contributed by atoms with Crippen LogP contribution in [0.25, 0.3) is 0 Å². The summed E-state index contributed by atoms with van der Waals surface area (Å²) in [6.07, 6.45) is 8.94. The van der Waals surface area contributed by atoms with Crippen LogP contribution >= 0.6 is 0 Å². The van der Waals surface area contributed by atoms with E-state index in [1.165, 1.54) is 5.56 Å². The lowest BCUT2D eigenvalue weighted by Crippen LogP contribution is -2.24. The molecule has 0 saturated heterocycles. The molecule has 0 radical (unpaired) electrons. The Kier molecular flexibility index (Phi) is 3.79. The number of aryl methyl sites for hydroxylation is 2. The van der Waals surface area contributed by atoms with Crippen LogP contribution in [0.15, 0.2) is 36.9 Å². The smallest absolute Gasteiger partial charge is 0.258 e. The monoisotopic (exact) mass is 337 g/mol. The molecule has 4 heterocycles. The van der Waals surface area contributed by atoms with Gasteiger partial charge in [-0.2, -0.15) is 10.1 Å². The van der Waals surface area contributed by atoms with Crippen molar-refractivity contribution in [2.24, 2.45) is 7.05 Å². The molecule has 1 amide bonds. The summed E-state index contributed by atoms with van der Waals surface area (Å²) in [7, 11) is 1.92. The molecule has 0 saturated carbocycles. The number of amides is 1. The van der Waals surface area contributed by atoms with Gasteiger partial charge >= 0.3 is 0 Å². The van der Waals surface area contributed by atoms with Gasteiger partial charge in [-0.05, 0) is 31.0 Å². The average molecular weight is 337 g/mol. The fourth-order valence-electron chi connectivity index (χ4n) is 3.36. The maximum absolute atomic E-state index is 12.3. The first-order valence-electron chi connectivity index (χ1n) is 8.27. The van der Waals surface area contributed by atoms with Crippen molar-refractivity contribution in [2.75, 3.05) is 5.32 Å². The van der Waals surface area contributed by atoms with Gasteiger partial charge in [-0.15, -0.1) is 5.10 Å². The topological polar surface area (TPSA) is 90.5 Å². The van der Waals surface area contributed by atoms with Crippen molar-refractivity contribution in [1.82, 2.24) is 29.5 Å². The molecule has 0 bridgehead atoms. The van der Waals surface area contributed by atoms with Gasteiger partial charge in [0.05, 0.1) is 12.2 Å². The predicted octanol–water partition coefficient (Wildman–Crippen LogP) is 1.95. The van der Waals surface area contributed by atoms with Crippen molar-refractivity contribution < 1.29 is 4.79 Å². The molecule has 4 rings (SSSR count). The number of nitrogens with zero attached hydrogens (tertiary/aromatic N) is 6. The summed E-state index contributed by atoms with van der Waals surface area (Å²) in [5.74, 6) is 1.35. The van der Waals surface area contributed by atoms with Gasteiger partial charge in [-0.25, -0.2) is 4.68 Å². The van der Waals surface area contributed by atoms with E-state index in [9.17, 15) is 4.79 Å². The molecular formula is C17H19N7O. The Labute approximate surface area is 144 Å². The first-order valence-corrected chi connectivity index (χ1v) is 8.27. The molecule has 8 nitrogen and oxygen atoms in total. The standard InChI is InChI=1S/C17H19N7O/c1-11-14(13-9-19-23(2)10-13)3-4-15-20-17(22-24(11)15)21-16(25)12-5-7-18-8-6-12/h5-11,14H,3-4H2,1-2H3,(H,21,22,25). The van der Waals surface area contributed by atoms with E-state index in [1.807, 2.05) is 22.6 Å². The van der Waals surface area contributed by atoms with E-state index in [0.29, 0.717) is 17.4 Å². The number of rotatable bonds is 3. The van der Waals surface area contributed by atoms with Gasteiger partial charge in [0.1, 0.15) is 5.82 Å². The number of pyridine rings is 1. The van der Waals surface area contributed by atoms with Crippen molar-refractivity contribution in [3.8, 4) is 0 Å². The highest BCUT2D eigenvalue weighted by Crippen LogP contribution is 2.36. The van der Waals surface area contributed by atoms with Crippen molar-refractivity contribution in [3.63, 3.8) is 0 Å². The highest BCUT2D eigenvalue weighted by atomic mass is 16.1. The summed E-state index contributed by atoms with van der Waals surface area (Å²) in [6, 6.07) is 3.48. The molecule has 2 unspecified atom stereocenters. The number of hydrogen-bond donors (Lipinski definition) is 1. The number of carbonyl (C=O) groups excluding carboxylic acids is 1. The van der Waals surface area contributed by atoms with E-state index in [-0.39, 0.29) is 11.9 Å². The minimum absolute atomic E-state index is 0.159. The molecule has 3 aromatic rings. The number of anilines is 1. The molecule has 3 aromatic heterocycles. The molecule has 8 heteroatoms. The number of aromatic nitrogens is 6. The Hall–Kier alpha value is -3.03. The van der Waals surface area contributed by atoms with Crippen LogP contribution in [0.4, 0.5) is 5.95 Å². The molecule has 1 aliphatic heterocycles. The minimum Gasteiger partial charge on any atom is -0.289 e. The van der Waals surface area contributed by atoms with Gasteiger partial charge in [0.15, 0.2) is 0 Å². The number of fused-ring (bicyclic) bond motifs is 1. The molecule has 1 aliphatic rings. The van der Waals surface area contributed by atoms with E-state index < -0.39 is 0 Å². The third-order valence-electron chi connectivity index (χ3n) is 4.67. The van der Waals surface area contributed by atoms with Crippen molar-refractivity contribution >= 4 is 11.9 Å². The Morgan fingerprint density at radius 1 is 1.32 bits per heavy atom. The van der Waals surface area contributed by atoms with Gasteiger partial charge in [-0.1, -0.05) is 0 Å². The number of nitrogens with one attached hydrogen (secondary N) is 1. The van der Waals surface area contributed by atoms with Crippen LogP contribution in [0.1, 0.15) is 47.1 Å². The third-order valence-corrected chi connectivity index (χ3v) is 4.67.